The lowest BCUT2D eigenvalue weighted by atomic mass is 9.99. The Labute approximate surface area is 199 Å². The smallest absolute Gasteiger partial charge is 0.346 e. The molecule has 3 rings (SSSR count). The molecule has 1 atom stereocenters. The number of hydrogen-bond donors (Lipinski definition) is 0. The number of esters is 2. The largest absolute Gasteiger partial charge is 0.386 e. The fourth-order valence-electron chi connectivity index (χ4n) is 3.85. The molecule has 0 fully saturated rings. The SMILES string of the molecule is CCOPc1ccccc1.Cc1cc(C)c(C(=O)OC(=O)c2c(C)cc(C)cc2C)c(C)c1. The Balaban J connectivity index is 0.000000321. The summed E-state index contributed by atoms with van der Waals surface area (Å²) in [4.78, 5) is 24.9. The highest BCUT2D eigenvalue weighted by Crippen LogP contribution is 2.21. The molecule has 0 N–H and O–H groups in total. The third-order valence-electron chi connectivity index (χ3n) is 5.06. The van der Waals surface area contributed by atoms with E-state index in [1.807, 2.05) is 90.9 Å². The lowest BCUT2D eigenvalue weighted by Gasteiger charge is -2.12. The Hall–Kier alpha value is -2.81. The van der Waals surface area contributed by atoms with Crippen LogP contribution in [0.1, 0.15) is 61.0 Å². The first-order valence-corrected chi connectivity index (χ1v) is 11.9. The van der Waals surface area contributed by atoms with Gasteiger partial charge in [0.1, 0.15) is 0 Å². The number of carbonyl (C=O) groups excluding carboxylic acids is 2. The Morgan fingerprint density at radius 2 is 1.09 bits per heavy atom. The second-order valence-electron chi connectivity index (χ2n) is 8.13. The minimum Gasteiger partial charge on any atom is -0.386 e. The predicted molar refractivity (Wildman–Crippen MR) is 137 cm³/mol. The first-order chi connectivity index (χ1) is 15.6. The number of benzene rings is 3. The van der Waals surface area contributed by atoms with Gasteiger partial charge in [0.05, 0.1) is 11.1 Å². The molecular weight excluding hydrogens is 431 g/mol. The molecule has 0 bridgehead atoms. The summed E-state index contributed by atoms with van der Waals surface area (Å²) in [6.07, 6.45) is 0. The molecule has 3 aromatic rings. The predicted octanol–water partition coefficient (Wildman–Crippen LogP) is 6.48. The molecule has 0 amide bonds. The van der Waals surface area contributed by atoms with Crippen LogP contribution < -0.4 is 5.30 Å². The van der Waals surface area contributed by atoms with E-state index in [4.69, 9.17) is 9.26 Å². The normalized spacial score (nSPS) is 10.6. The maximum Gasteiger partial charge on any atom is 0.346 e. The van der Waals surface area contributed by atoms with Crippen molar-refractivity contribution in [2.24, 2.45) is 0 Å². The number of aryl methyl sites for hydroxylation is 6. The molecular formula is C28H33O4P. The Kier molecular flexibility index (Phi) is 9.96. The first kappa shape index (κ1) is 26.4. The number of ether oxygens (including phenoxy) is 1. The third kappa shape index (κ3) is 7.63. The molecule has 1 unspecified atom stereocenters. The highest BCUT2D eigenvalue weighted by atomic mass is 31.1. The number of rotatable bonds is 5. The third-order valence-corrected chi connectivity index (χ3v) is 6.06. The van der Waals surface area contributed by atoms with E-state index in [9.17, 15) is 9.59 Å². The van der Waals surface area contributed by atoms with Gasteiger partial charge in [-0.2, -0.15) is 0 Å². The maximum atomic E-state index is 12.4. The zero-order valence-corrected chi connectivity index (χ0v) is 21.5. The van der Waals surface area contributed by atoms with Crippen LogP contribution in [0.4, 0.5) is 0 Å². The van der Waals surface area contributed by atoms with Gasteiger partial charge in [0.25, 0.3) is 0 Å². The second kappa shape index (κ2) is 12.4. The van der Waals surface area contributed by atoms with Crippen molar-refractivity contribution in [2.45, 2.75) is 48.5 Å². The van der Waals surface area contributed by atoms with Crippen molar-refractivity contribution in [1.82, 2.24) is 0 Å². The van der Waals surface area contributed by atoms with Crippen molar-refractivity contribution in [3.8, 4) is 0 Å². The van der Waals surface area contributed by atoms with Crippen LogP contribution in [0.5, 0.6) is 0 Å². The summed E-state index contributed by atoms with van der Waals surface area (Å²) in [6, 6.07) is 17.9. The molecule has 0 heterocycles. The van der Waals surface area contributed by atoms with Crippen molar-refractivity contribution in [3.63, 3.8) is 0 Å². The van der Waals surface area contributed by atoms with Crippen LogP contribution in [0, 0.1) is 41.5 Å². The highest BCUT2D eigenvalue weighted by molar-refractivity contribution is 7.41. The van der Waals surface area contributed by atoms with Gasteiger partial charge in [0.2, 0.25) is 0 Å². The van der Waals surface area contributed by atoms with E-state index < -0.39 is 11.9 Å². The molecule has 5 heteroatoms. The summed E-state index contributed by atoms with van der Waals surface area (Å²) in [5.74, 6) is -1.19. The summed E-state index contributed by atoms with van der Waals surface area (Å²) < 4.78 is 10.4. The molecule has 33 heavy (non-hydrogen) atoms. The van der Waals surface area contributed by atoms with Gasteiger partial charge in [-0.15, -0.1) is 0 Å². The molecule has 0 aliphatic rings. The van der Waals surface area contributed by atoms with Gasteiger partial charge in [-0.05, 0) is 76.0 Å². The van der Waals surface area contributed by atoms with Crippen molar-refractivity contribution in [3.05, 3.63) is 99.1 Å². The minimum atomic E-state index is -0.593. The van der Waals surface area contributed by atoms with Gasteiger partial charge < -0.3 is 9.26 Å². The Bertz CT molecular complexity index is 1010. The summed E-state index contributed by atoms with van der Waals surface area (Å²) in [7, 11) is 0.504. The molecule has 0 aliphatic carbocycles. The molecule has 0 saturated carbocycles. The van der Waals surface area contributed by atoms with Crippen molar-refractivity contribution in [1.29, 1.82) is 0 Å². The molecule has 0 radical (unpaired) electrons. The molecule has 0 spiro atoms. The Morgan fingerprint density at radius 3 is 1.45 bits per heavy atom. The van der Waals surface area contributed by atoms with Crippen molar-refractivity contribution >= 4 is 26.1 Å². The van der Waals surface area contributed by atoms with Crippen molar-refractivity contribution in [2.75, 3.05) is 6.61 Å². The van der Waals surface area contributed by atoms with E-state index in [-0.39, 0.29) is 0 Å². The Morgan fingerprint density at radius 1 is 0.697 bits per heavy atom. The topological polar surface area (TPSA) is 52.6 Å². The zero-order chi connectivity index (χ0) is 24.5. The van der Waals surface area contributed by atoms with Gasteiger partial charge in [-0.3, -0.25) is 0 Å². The lowest BCUT2D eigenvalue weighted by Crippen LogP contribution is -2.17. The average molecular weight is 465 g/mol. The van der Waals surface area contributed by atoms with E-state index in [0.29, 0.717) is 19.9 Å². The van der Waals surface area contributed by atoms with E-state index >= 15 is 0 Å². The maximum absolute atomic E-state index is 12.4. The summed E-state index contributed by atoms with van der Waals surface area (Å²) in [6.45, 7) is 14.2. The fraction of sp³-hybridized carbons (Fsp3) is 0.286. The van der Waals surface area contributed by atoms with Gasteiger partial charge in [-0.1, -0.05) is 65.7 Å². The second-order valence-corrected chi connectivity index (χ2v) is 9.20. The standard InChI is InChI=1S/C20H22O3.C8H11OP/c1-11-7-13(3)17(14(4)8-11)19(21)23-20(22)18-15(5)9-12(2)10-16(18)6;1-2-9-10-8-6-4-3-5-7-8/h7-10H,1-6H3;3-7,10H,2H2,1H3. The highest BCUT2D eigenvalue weighted by Gasteiger charge is 2.21. The minimum absolute atomic E-state index is 0.464. The number of hydrogen-bond acceptors (Lipinski definition) is 4. The summed E-state index contributed by atoms with van der Waals surface area (Å²) in [5.41, 5.74) is 6.35. The molecule has 0 aliphatic heterocycles. The molecule has 174 valence electrons. The molecule has 0 aromatic heterocycles. The van der Waals surface area contributed by atoms with Gasteiger partial charge in [0.15, 0.2) is 0 Å². The van der Waals surface area contributed by atoms with Crippen LogP contribution in [0.2, 0.25) is 0 Å². The van der Waals surface area contributed by atoms with Crippen LogP contribution in [0.25, 0.3) is 0 Å². The molecule has 4 nitrogen and oxygen atoms in total. The van der Waals surface area contributed by atoms with E-state index in [1.165, 1.54) is 5.30 Å². The summed E-state index contributed by atoms with van der Waals surface area (Å²) in [5, 5.41) is 1.27. The molecule has 3 aromatic carbocycles. The van der Waals surface area contributed by atoms with E-state index in [0.717, 1.165) is 40.0 Å². The molecule has 0 saturated heterocycles. The average Bonchev–Trinajstić information content (AvgIpc) is 2.72. The van der Waals surface area contributed by atoms with E-state index in [1.54, 1.807) is 0 Å². The van der Waals surface area contributed by atoms with E-state index in [2.05, 4.69) is 12.1 Å². The van der Waals surface area contributed by atoms with Gasteiger partial charge in [0, 0.05) is 15.4 Å². The van der Waals surface area contributed by atoms with Gasteiger partial charge in [-0.25, -0.2) is 9.59 Å². The zero-order valence-electron chi connectivity index (χ0n) is 20.5. The van der Waals surface area contributed by atoms with Crippen molar-refractivity contribution < 1.29 is 18.8 Å². The summed E-state index contributed by atoms with van der Waals surface area (Å²) >= 11 is 0. The monoisotopic (exact) mass is 464 g/mol. The van der Waals surface area contributed by atoms with Crippen LogP contribution in [-0.4, -0.2) is 18.5 Å². The van der Waals surface area contributed by atoms with Crippen LogP contribution in [-0.2, 0) is 9.26 Å². The lowest BCUT2D eigenvalue weighted by molar-refractivity contribution is 0.0396. The van der Waals surface area contributed by atoms with Crippen LogP contribution in [0.3, 0.4) is 0 Å². The van der Waals surface area contributed by atoms with Gasteiger partial charge >= 0.3 is 11.9 Å². The first-order valence-electron chi connectivity index (χ1n) is 11.0. The number of carbonyl (C=O) groups is 2. The fourth-order valence-corrected chi connectivity index (χ4v) is 4.49. The quantitative estimate of drug-likeness (QED) is 0.246. The van der Waals surface area contributed by atoms with Crippen LogP contribution in [0.15, 0.2) is 54.6 Å². The van der Waals surface area contributed by atoms with Crippen LogP contribution >= 0.6 is 8.81 Å².